The fourth-order valence-corrected chi connectivity index (χ4v) is 7.51. The predicted octanol–water partition coefficient (Wildman–Crippen LogP) is 12.2. The standard InChI is InChI=1S/C40H25NOS/c1-2-8-26(9-3-1)27-14-17-29(18-15-27)41(31-19-22-34-33-12-6-7-13-38(33)43-39(34)25-31)30-20-23-37-36(24-30)35-21-16-28-10-4-5-11-32(28)40(35)42-37/h1-25H. The van der Waals surface area contributed by atoms with Crippen molar-refractivity contribution in [1.82, 2.24) is 0 Å². The van der Waals surface area contributed by atoms with Crippen LogP contribution < -0.4 is 4.90 Å². The van der Waals surface area contributed by atoms with Crippen molar-refractivity contribution in [3.05, 3.63) is 152 Å². The van der Waals surface area contributed by atoms with Crippen LogP contribution in [-0.4, -0.2) is 0 Å². The summed E-state index contributed by atoms with van der Waals surface area (Å²) < 4.78 is 9.05. The van der Waals surface area contributed by atoms with Crippen molar-refractivity contribution in [2.45, 2.75) is 0 Å². The van der Waals surface area contributed by atoms with E-state index in [1.807, 2.05) is 11.3 Å². The van der Waals surface area contributed by atoms with Gasteiger partial charge in [-0.3, -0.25) is 0 Å². The highest BCUT2D eigenvalue weighted by Crippen LogP contribution is 2.43. The summed E-state index contributed by atoms with van der Waals surface area (Å²) in [6.45, 7) is 0. The highest BCUT2D eigenvalue weighted by atomic mass is 32.1. The van der Waals surface area contributed by atoms with E-state index in [-0.39, 0.29) is 0 Å². The third-order valence-electron chi connectivity index (χ3n) is 8.46. The highest BCUT2D eigenvalue weighted by Gasteiger charge is 2.18. The molecule has 0 aliphatic carbocycles. The maximum absolute atomic E-state index is 6.45. The topological polar surface area (TPSA) is 16.4 Å². The molecule has 0 amide bonds. The average Bonchev–Trinajstić information content (AvgIpc) is 3.64. The summed E-state index contributed by atoms with van der Waals surface area (Å²) in [5.74, 6) is 0. The number of hydrogen-bond donors (Lipinski definition) is 0. The summed E-state index contributed by atoms with van der Waals surface area (Å²) in [4.78, 5) is 2.36. The van der Waals surface area contributed by atoms with Crippen LogP contribution in [0.1, 0.15) is 0 Å². The second kappa shape index (κ2) is 9.59. The van der Waals surface area contributed by atoms with E-state index in [4.69, 9.17) is 4.42 Å². The number of nitrogens with zero attached hydrogens (tertiary/aromatic N) is 1. The van der Waals surface area contributed by atoms with Crippen LogP contribution in [0.2, 0.25) is 0 Å². The average molecular weight is 568 g/mol. The van der Waals surface area contributed by atoms with Gasteiger partial charge >= 0.3 is 0 Å². The molecule has 3 heteroatoms. The molecule has 0 unspecified atom stereocenters. The zero-order chi connectivity index (χ0) is 28.3. The number of anilines is 3. The molecular formula is C40H25NOS. The van der Waals surface area contributed by atoms with E-state index in [9.17, 15) is 0 Å². The Labute approximate surface area is 252 Å². The zero-order valence-corrected chi connectivity index (χ0v) is 24.0. The molecular weight excluding hydrogens is 543 g/mol. The zero-order valence-electron chi connectivity index (χ0n) is 23.2. The number of furan rings is 1. The third-order valence-corrected chi connectivity index (χ3v) is 9.59. The van der Waals surface area contributed by atoms with Crippen molar-refractivity contribution < 1.29 is 4.42 Å². The molecule has 2 aromatic heterocycles. The summed E-state index contributed by atoms with van der Waals surface area (Å²) >= 11 is 1.85. The van der Waals surface area contributed by atoms with E-state index in [1.165, 1.54) is 36.7 Å². The molecule has 9 rings (SSSR count). The van der Waals surface area contributed by atoms with E-state index in [1.54, 1.807) is 0 Å². The lowest BCUT2D eigenvalue weighted by Gasteiger charge is -2.26. The van der Waals surface area contributed by atoms with Crippen LogP contribution in [0.3, 0.4) is 0 Å². The van der Waals surface area contributed by atoms with Crippen LogP contribution in [0.4, 0.5) is 17.1 Å². The quantitative estimate of drug-likeness (QED) is 0.210. The van der Waals surface area contributed by atoms with E-state index in [0.29, 0.717) is 0 Å². The van der Waals surface area contributed by atoms with Gasteiger partial charge in [-0.15, -0.1) is 11.3 Å². The molecule has 0 N–H and O–H groups in total. The molecule has 0 bridgehead atoms. The number of thiophene rings is 1. The van der Waals surface area contributed by atoms with Gasteiger partial charge in [-0.25, -0.2) is 0 Å². The van der Waals surface area contributed by atoms with E-state index in [2.05, 4.69) is 157 Å². The van der Waals surface area contributed by atoms with Gasteiger partial charge in [0, 0.05) is 53.4 Å². The SMILES string of the molecule is c1ccc(-c2ccc(N(c3ccc4c(c3)sc3ccccc34)c3ccc4oc5c6ccccc6ccc5c4c3)cc2)cc1. The fraction of sp³-hybridized carbons (Fsp3) is 0. The maximum atomic E-state index is 6.45. The van der Waals surface area contributed by atoms with Crippen molar-refractivity contribution in [3.63, 3.8) is 0 Å². The first-order chi connectivity index (χ1) is 21.3. The van der Waals surface area contributed by atoms with E-state index in [0.717, 1.165) is 44.4 Å². The lowest BCUT2D eigenvalue weighted by atomic mass is 10.0. The number of benzene rings is 7. The maximum Gasteiger partial charge on any atom is 0.143 e. The van der Waals surface area contributed by atoms with Gasteiger partial charge in [-0.2, -0.15) is 0 Å². The van der Waals surface area contributed by atoms with Crippen molar-refractivity contribution in [2.75, 3.05) is 4.90 Å². The first-order valence-corrected chi connectivity index (χ1v) is 15.3. The Morgan fingerprint density at radius 3 is 1.95 bits per heavy atom. The Hall–Kier alpha value is -5.38. The summed E-state index contributed by atoms with van der Waals surface area (Å²) in [6, 6.07) is 54.3. The molecule has 0 aliphatic rings. The number of fused-ring (bicyclic) bond motifs is 8. The molecule has 202 valence electrons. The molecule has 9 aromatic rings. The Balaban J connectivity index is 1.24. The first kappa shape index (κ1) is 24.2. The molecule has 0 atom stereocenters. The second-order valence-corrected chi connectivity index (χ2v) is 12.1. The molecule has 7 aromatic carbocycles. The number of rotatable bonds is 4. The largest absolute Gasteiger partial charge is 0.455 e. The van der Waals surface area contributed by atoms with E-state index >= 15 is 0 Å². The molecule has 0 saturated carbocycles. The van der Waals surface area contributed by atoms with E-state index < -0.39 is 0 Å². The summed E-state index contributed by atoms with van der Waals surface area (Å²) in [7, 11) is 0. The van der Waals surface area contributed by atoms with Crippen molar-refractivity contribution in [2.24, 2.45) is 0 Å². The van der Waals surface area contributed by atoms with Gasteiger partial charge in [0.25, 0.3) is 0 Å². The molecule has 0 saturated heterocycles. The van der Waals surface area contributed by atoms with Crippen LogP contribution in [0.25, 0.3) is 64.0 Å². The minimum Gasteiger partial charge on any atom is -0.455 e. The Bertz CT molecular complexity index is 2450. The van der Waals surface area contributed by atoms with Gasteiger partial charge in [0.15, 0.2) is 0 Å². The van der Waals surface area contributed by atoms with Gasteiger partial charge < -0.3 is 9.32 Å². The Morgan fingerprint density at radius 2 is 1.07 bits per heavy atom. The third kappa shape index (κ3) is 3.93. The van der Waals surface area contributed by atoms with Gasteiger partial charge in [-0.05, 0) is 71.1 Å². The smallest absolute Gasteiger partial charge is 0.143 e. The monoisotopic (exact) mass is 567 g/mol. The molecule has 0 aliphatic heterocycles. The normalized spacial score (nSPS) is 11.7. The Kier molecular flexibility index (Phi) is 5.40. The molecule has 0 radical (unpaired) electrons. The lowest BCUT2D eigenvalue weighted by molar-refractivity contribution is 0.672. The van der Waals surface area contributed by atoms with Crippen molar-refractivity contribution in [3.8, 4) is 11.1 Å². The highest BCUT2D eigenvalue weighted by molar-refractivity contribution is 7.25. The fourth-order valence-electron chi connectivity index (χ4n) is 6.37. The van der Waals surface area contributed by atoms with Crippen molar-refractivity contribution in [1.29, 1.82) is 0 Å². The predicted molar refractivity (Wildman–Crippen MR) is 184 cm³/mol. The first-order valence-electron chi connectivity index (χ1n) is 14.5. The van der Waals surface area contributed by atoms with Gasteiger partial charge in [-0.1, -0.05) is 97.1 Å². The van der Waals surface area contributed by atoms with Crippen LogP contribution >= 0.6 is 11.3 Å². The summed E-state index contributed by atoms with van der Waals surface area (Å²) in [5.41, 5.74) is 7.58. The van der Waals surface area contributed by atoms with Crippen LogP contribution in [-0.2, 0) is 0 Å². The summed E-state index contributed by atoms with van der Waals surface area (Å²) in [6.07, 6.45) is 0. The lowest BCUT2D eigenvalue weighted by Crippen LogP contribution is -2.09. The van der Waals surface area contributed by atoms with Crippen LogP contribution in [0, 0.1) is 0 Å². The molecule has 2 nitrogen and oxygen atoms in total. The number of hydrogen-bond acceptors (Lipinski definition) is 3. The van der Waals surface area contributed by atoms with Crippen LogP contribution in [0.15, 0.2) is 156 Å². The van der Waals surface area contributed by atoms with Gasteiger partial charge in [0.1, 0.15) is 11.2 Å². The van der Waals surface area contributed by atoms with Gasteiger partial charge in [0.05, 0.1) is 0 Å². The summed E-state index contributed by atoms with van der Waals surface area (Å²) in [5, 5.41) is 7.19. The second-order valence-electron chi connectivity index (χ2n) is 11.0. The minimum atomic E-state index is 0.898. The molecule has 0 fully saturated rings. The molecule has 43 heavy (non-hydrogen) atoms. The van der Waals surface area contributed by atoms with Gasteiger partial charge in [0.2, 0.25) is 0 Å². The molecule has 0 spiro atoms. The molecule has 2 heterocycles. The van der Waals surface area contributed by atoms with Crippen molar-refractivity contribution >= 4 is 81.3 Å². The minimum absolute atomic E-state index is 0.898. The Morgan fingerprint density at radius 1 is 0.419 bits per heavy atom. The van der Waals surface area contributed by atoms with Crippen LogP contribution in [0.5, 0.6) is 0 Å².